The van der Waals surface area contributed by atoms with Gasteiger partial charge in [0.2, 0.25) is 0 Å². The average Bonchev–Trinajstić information content (AvgIpc) is 3.05. The van der Waals surface area contributed by atoms with Gasteiger partial charge in [0.25, 0.3) is 10.0 Å². The second kappa shape index (κ2) is 6.68. The number of aromatic amines is 1. The molecule has 3 aromatic rings. The van der Waals surface area contributed by atoms with Crippen molar-refractivity contribution in [3.05, 3.63) is 54.2 Å². The molecule has 3 rings (SSSR count). The zero-order chi connectivity index (χ0) is 18.9. The van der Waals surface area contributed by atoms with Gasteiger partial charge in [0, 0.05) is 27.7 Å². The van der Waals surface area contributed by atoms with E-state index in [9.17, 15) is 8.42 Å². The molecule has 0 aliphatic carbocycles. The maximum atomic E-state index is 12.6. The number of sulfonamides is 1. The molecule has 0 aliphatic rings. The Kier molecular flexibility index (Phi) is 4.71. The lowest BCUT2D eigenvalue weighted by Crippen LogP contribution is -2.15. The Morgan fingerprint density at radius 3 is 2.38 bits per heavy atom. The van der Waals surface area contributed by atoms with Gasteiger partial charge < -0.3 is 9.72 Å². The van der Waals surface area contributed by atoms with Crippen molar-refractivity contribution in [3.8, 4) is 5.75 Å². The van der Waals surface area contributed by atoms with E-state index in [1.165, 1.54) is 12.1 Å². The Balaban J connectivity index is 1.90. The second-order valence-electron chi connectivity index (χ2n) is 7.00. The topological polar surface area (TPSA) is 71.2 Å². The molecule has 0 radical (unpaired) electrons. The van der Waals surface area contributed by atoms with Crippen LogP contribution in [-0.4, -0.2) is 20.5 Å². The number of anilines is 1. The van der Waals surface area contributed by atoms with E-state index in [0.717, 1.165) is 23.0 Å². The summed E-state index contributed by atoms with van der Waals surface area (Å²) in [6.07, 6.45) is 1.01. The van der Waals surface area contributed by atoms with Crippen LogP contribution in [0.3, 0.4) is 0 Å². The van der Waals surface area contributed by atoms with E-state index in [-0.39, 0.29) is 10.3 Å². The van der Waals surface area contributed by atoms with Gasteiger partial charge in [-0.3, -0.25) is 4.72 Å². The Bertz CT molecular complexity index is 1020. The molecule has 138 valence electrons. The molecule has 0 fully saturated rings. The van der Waals surface area contributed by atoms with Crippen LogP contribution < -0.4 is 9.46 Å². The van der Waals surface area contributed by atoms with Crippen molar-refractivity contribution >= 4 is 26.6 Å². The van der Waals surface area contributed by atoms with Crippen LogP contribution in [0.4, 0.5) is 5.69 Å². The normalized spacial score (nSPS) is 12.3. The molecule has 2 aromatic carbocycles. The number of nitrogens with one attached hydrogen (secondary N) is 2. The van der Waals surface area contributed by atoms with Gasteiger partial charge in [0.15, 0.2) is 0 Å². The summed E-state index contributed by atoms with van der Waals surface area (Å²) in [4.78, 5) is 3.62. The van der Waals surface area contributed by atoms with Crippen molar-refractivity contribution in [1.29, 1.82) is 0 Å². The van der Waals surface area contributed by atoms with Crippen molar-refractivity contribution in [1.82, 2.24) is 4.98 Å². The van der Waals surface area contributed by atoms with E-state index < -0.39 is 10.0 Å². The van der Waals surface area contributed by atoms with Crippen LogP contribution in [0, 0.1) is 0 Å². The zero-order valence-electron chi connectivity index (χ0n) is 15.5. The van der Waals surface area contributed by atoms with Gasteiger partial charge in [0.1, 0.15) is 5.75 Å². The van der Waals surface area contributed by atoms with Crippen molar-refractivity contribution in [2.45, 2.75) is 37.5 Å². The van der Waals surface area contributed by atoms with Crippen molar-refractivity contribution in [3.63, 3.8) is 0 Å². The monoisotopic (exact) mass is 372 g/mol. The first-order valence-corrected chi connectivity index (χ1v) is 10.0. The summed E-state index contributed by atoms with van der Waals surface area (Å²) < 4.78 is 32.9. The lowest BCUT2D eigenvalue weighted by Gasteiger charge is -2.20. The summed E-state index contributed by atoms with van der Waals surface area (Å²) in [5.41, 5.74) is 2.72. The van der Waals surface area contributed by atoms with E-state index in [1.54, 1.807) is 25.3 Å². The number of ether oxygens (including phenoxy) is 1. The fourth-order valence-corrected chi connectivity index (χ4v) is 3.77. The van der Waals surface area contributed by atoms with E-state index in [2.05, 4.69) is 36.5 Å². The molecule has 0 saturated heterocycles. The molecular weight excluding hydrogens is 348 g/mol. The quantitative estimate of drug-likeness (QED) is 0.661. The number of H-pyrrole nitrogens is 1. The standard InChI is InChI=1S/C20H24N2O3S/c1-5-20(2,3)19-13-14-12-15(6-11-18(14)21-19)22-26(23,24)17-9-7-16(25-4)8-10-17/h6-13,21-22H,5H2,1-4H3. The van der Waals surface area contributed by atoms with Gasteiger partial charge >= 0.3 is 0 Å². The summed E-state index contributed by atoms with van der Waals surface area (Å²) in [5.74, 6) is 0.615. The third-order valence-corrected chi connectivity index (χ3v) is 6.25. The predicted molar refractivity (Wildman–Crippen MR) is 105 cm³/mol. The third kappa shape index (κ3) is 3.55. The van der Waals surface area contributed by atoms with E-state index in [0.29, 0.717) is 11.4 Å². The van der Waals surface area contributed by atoms with Gasteiger partial charge in [-0.05, 0) is 55.0 Å². The molecule has 5 nitrogen and oxygen atoms in total. The minimum atomic E-state index is -3.65. The molecular formula is C20H24N2O3S. The van der Waals surface area contributed by atoms with Gasteiger partial charge in [0.05, 0.1) is 12.0 Å². The number of hydrogen-bond acceptors (Lipinski definition) is 3. The molecule has 6 heteroatoms. The van der Waals surface area contributed by atoms with Gasteiger partial charge in [-0.25, -0.2) is 8.42 Å². The number of hydrogen-bond donors (Lipinski definition) is 2. The summed E-state index contributed by atoms with van der Waals surface area (Å²) in [6.45, 7) is 6.52. The highest BCUT2D eigenvalue weighted by Crippen LogP contribution is 2.30. The minimum absolute atomic E-state index is 0.0434. The third-order valence-electron chi connectivity index (χ3n) is 4.86. The molecule has 1 heterocycles. The Hall–Kier alpha value is -2.47. The van der Waals surface area contributed by atoms with Gasteiger partial charge in [-0.1, -0.05) is 20.8 Å². The molecule has 0 spiro atoms. The second-order valence-corrected chi connectivity index (χ2v) is 8.69. The van der Waals surface area contributed by atoms with Crippen LogP contribution in [0.2, 0.25) is 0 Å². The van der Waals surface area contributed by atoms with Crippen molar-refractivity contribution in [2.24, 2.45) is 0 Å². The van der Waals surface area contributed by atoms with Crippen LogP contribution in [0.1, 0.15) is 32.9 Å². The minimum Gasteiger partial charge on any atom is -0.497 e. The lowest BCUT2D eigenvalue weighted by atomic mass is 9.86. The molecule has 1 aromatic heterocycles. The van der Waals surface area contributed by atoms with Crippen LogP contribution in [-0.2, 0) is 15.4 Å². The molecule has 26 heavy (non-hydrogen) atoms. The van der Waals surface area contributed by atoms with E-state index in [1.807, 2.05) is 12.1 Å². The fraction of sp³-hybridized carbons (Fsp3) is 0.300. The highest BCUT2D eigenvalue weighted by atomic mass is 32.2. The molecule has 0 atom stereocenters. The smallest absolute Gasteiger partial charge is 0.261 e. The number of methoxy groups -OCH3 is 1. The highest BCUT2D eigenvalue weighted by Gasteiger charge is 2.20. The molecule has 0 unspecified atom stereocenters. The molecule has 0 aliphatic heterocycles. The number of rotatable bonds is 6. The van der Waals surface area contributed by atoms with Crippen LogP contribution in [0.15, 0.2) is 53.4 Å². The molecule has 0 saturated carbocycles. The summed E-state index contributed by atoms with van der Waals surface area (Å²) >= 11 is 0. The summed E-state index contributed by atoms with van der Waals surface area (Å²) in [7, 11) is -2.11. The van der Waals surface area contributed by atoms with Gasteiger partial charge in [-0.15, -0.1) is 0 Å². The number of fused-ring (bicyclic) bond motifs is 1. The largest absolute Gasteiger partial charge is 0.497 e. The van der Waals surface area contributed by atoms with Gasteiger partial charge in [-0.2, -0.15) is 0 Å². The molecule has 0 bridgehead atoms. The Morgan fingerprint density at radius 1 is 1.08 bits per heavy atom. The SMILES string of the molecule is CCC(C)(C)c1cc2cc(NS(=O)(=O)c3ccc(OC)cc3)ccc2[nH]1. The first-order valence-electron chi connectivity index (χ1n) is 8.55. The van der Waals surface area contributed by atoms with Crippen LogP contribution in [0.25, 0.3) is 10.9 Å². The maximum absolute atomic E-state index is 12.6. The Labute approximate surface area is 154 Å². The van der Waals surface area contributed by atoms with Crippen LogP contribution >= 0.6 is 0 Å². The predicted octanol–water partition coefficient (Wildman–Crippen LogP) is 4.66. The van der Waals surface area contributed by atoms with Crippen molar-refractivity contribution < 1.29 is 13.2 Å². The zero-order valence-corrected chi connectivity index (χ0v) is 16.3. The van der Waals surface area contributed by atoms with E-state index >= 15 is 0 Å². The van der Waals surface area contributed by atoms with Crippen molar-refractivity contribution in [2.75, 3.05) is 11.8 Å². The average molecular weight is 372 g/mol. The van der Waals surface area contributed by atoms with E-state index in [4.69, 9.17) is 4.74 Å². The fourth-order valence-electron chi connectivity index (χ4n) is 2.72. The maximum Gasteiger partial charge on any atom is 0.261 e. The first-order chi connectivity index (χ1) is 12.2. The molecule has 2 N–H and O–H groups in total. The van der Waals surface area contributed by atoms with Crippen LogP contribution in [0.5, 0.6) is 5.75 Å². The molecule has 0 amide bonds. The number of aromatic nitrogens is 1. The highest BCUT2D eigenvalue weighted by molar-refractivity contribution is 7.92. The first kappa shape index (κ1) is 18.3. The lowest BCUT2D eigenvalue weighted by molar-refractivity contribution is 0.414. The summed E-state index contributed by atoms with van der Waals surface area (Å²) in [5, 5.41) is 0.983. The number of benzene rings is 2. The summed E-state index contributed by atoms with van der Waals surface area (Å²) in [6, 6.07) is 13.9. The Morgan fingerprint density at radius 2 is 1.77 bits per heavy atom.